The molecular weight excluding hydrogens is 206 g/mol. The zero-order valence-electron chi connectivity index (χ0n) is 9.45. The Balaban J connectivity index is 2.70. The average Bonchev–Trinajstić information content (AvgIpc) is 2.25. The fraction of sp³-hybridized carbons (Fsp3) is 0.455. The van der Waals surface area contributed by atoms with Crippen LogP contribution in [0.2, 0.25) is 0 Å². The van der Waals surface area contributed by atoms with E-state index in [1.807, 2.05) is 32.2 Å². The lowest BCUT2D eigenvalue weighted by Gasteiger charge is -2.22. The van der Waals surface area contributed by atoms with Gasteiger partial charge in [0.05, 0.1) is 12.2 Å². The summed E-state index contributed by atoms with van der Waals surface area (Å²) in [5, 5.41) is 3.75. The third-order valence-corrected chi connectivity index (χ3v) is 2.64. The Labute approximate surface area is 96.5 Å². The minimum Gasteiger partial charge on any atom is -0.366 e. The second-order valence-electron chi connectivity index (χ2n) is 3.34. The average molecular weight is 223 g/mol. The third-order valence-electron chi connectivity index (χ3n) is 2.18. The number of hydrogen-bond acceptors (Lipinski definition) is 2. The normalized spacial score (nSPS) is 9.80. The van der Waals surface area contributed by atoms with Crippen LogP contribution >= 0.6 is 12.2 Å². The van der Waals surface area contributed by atoms with Crippen molar-refractivity contribution in [2.24, 2.45) is 0 Å². The number of thiocarbonyl (C=S) groups is 1. The molecule has 0 aliphatic heterocycles. The van der Waals surface area contributed by atoms with Gasteiger partial charge in [0, 0.05) is 19.3 Å². The van der Waals surface area contributed by atoms with Crippen molar-refractivity contribution >= 4 is 17.3 Å². The largest absolute Gasteiger partial charge is 0.366 e. The molecule has 0 fully saturated rings. The molecule has 0 spiro atoms. The molecule has 0 unspecified atom stereocenters. The lowest BCUT2D eigenvalue weighted by Crippen LogP contribution is -2.37. The van der Waals surface area contributed by atoms with E-state index in [4.69, 9.17) is 12.2 Å². The summed E-state index contributed by atoms with van der Waals surface area (Å²) in [4.78, 5) is 6.53. The van der Waals surface area contributed by atoms with E-state index in [9.17, 15) is 0 Å². The van der Waals surface area contributed by atoms with Gasteiger partial charge in [-0.25, -0.2) is 0 Å². The van der Waals surface area contributed by atoms with Gasteiger partial charge in [-0.1, -0.05) is 6.07 Å². The summed E-state index contributed by atoms with van der Waals surface area (Å²) >= 11 is 5.19. The van der Waals surface area contributed by atoms with Gasteiger partial charge in [-0.05, 0) is 38.2 Å². The van der Waals surface area contributed by atoms with E-state index in [0.29, 0.717) is 0 Å². The van der Waals surface area contributed by atoms with Crippen molar-refractivity contribution in [1.82, 2.24) is 15.2 Å². The Hall–Kier alpha value is -1.16. The van der Waals surface area contributed by atoms with Crippen LogP contribution in [0.4, 0.5) is 0 Å². The summed E-state index contributed by atoms with van der Waals surface area (Å²) in [7, 11) is 1.84. The quantitative estimate of drug-likeness (QED) is 0.790. The van der Waals surface area contributed by atoms with Crippen molar-refractivity contribution in [3.63, 3.8) is 0 Å². The Kier molecular flexibility index (Phi) is 4.49. The van der Waals surface area contributed by atoms with Gasteiger partial charge in [-0.15, -0.1) is 0 Å². The molecule has 15 heavy (non-hydrogen) atoms. The van der Waals surface area contributed by atoms with Gasteiger partial charge in [0.25, 0.3) is 0 Å². The predicted octanol–water partition coefficient (Wildman–Crippen LogP) is 1.72. The Morgan fingerprint density at radius 3 is 2.80 bits per heavy atom. The first kappa shape index (κ1) is 11.9. The molecule has 0 atom stereocenters. The van der Waals surface area contributed by atoms with Crippen LogP contribution in [0.15, 0.2) is 18.2 Å². The summed E-state index contributed by atoms with van der Waals surface area (Å²) in [6.07, 6.45) is 0. The van der Waals surface area contributed by atoms with Crippen molar-refractivity contribution in [3.05, 3.63) is 29.6 Å². The smallest absolute Gasteiger partial charge is 0.169 e. The summed E-state index contributed by atoms with van der Waals surface area (Å²) in [6, 6.07) is 6.04. The molecule has 1 aromatic rings. The molecule has 1 rings (SSSR count). The number of nitrogens with zero attached hydrogens (tertiary/aromatic N) is 2. The van der Waals surface area contributed by atoms with Crippen LogP contribution in [-0.4, -0.2) is 28.6 Å². The minimum absolute atomic E-state index is 0.762. The molecule has 1 aromatic heterocycles. The maximum Gasteiger partial charge on any atom is 0.169 e. The Bertz CT molecular complexity index is 338. The van der Waals surface area contributed by atoms with Crippen LogP contribution in [0.5, 0.6) is 0 Å². The fourth-order valence-corrected chi connectivity index (χ4v) is 1.56. The zero-order valence-corrected chi connectivity index (χ0v) is 10.3. The molecule has 0 saturated heterocycles. The first-order valence-corrected chi connectivity index (χ1v) is 5.47. The topological polar surface area (TPSA) is 28.2 Å². The molecule has 1 heterocycles. The molecule has 0 amide bonds. The van der Waals surface area contributed by atoms with Crippen LogP contribution in [0.3, 0.4) is 0 Å². The first-order chi connectivity index (χ1) is 7.17. The summed E-state index contributed by atoms with van der Waals surface area (Å²) in [5.41, 5.74) is 2.09. The van der Waals surface area contributed by atoms with Crippen LogP contribution in [0, 0.1) is 6.92 Å². The third kappa shape index (κ3) is 3.47. The minimum atomic E-state index is 0.762. The van der Waals surface area contributed by atoms with Gasteiger partial charge in [-0.2, -0.15) is 0 Å². The highest BCUT2D eigenvalue weighted by Crippen LogP contribution is 2.03. The van der Waals surface area contributed by atoms with Crippen molar-refractivity contribution < 1.29 is 0 Å². The van der Waals surface area contributed by atoms with Gasteiger partial charge < -0.3 is 10.2 Å². The monoisotopic (exact) mass is 223 g/mol. The van der Waals surface area contributed by atoms with Gasteiger partial charge in [0.15, 0.2) is 5.11 Å². The zero-order chi connectivity index (χ0) is 11.3. The molecular formula is C11H17N3S. The van der Waals surface area contributed by atoms with E-state index in [1.165, 1.54) is 0 Å². The lowest BCUT2D eigenvalue weighted by atomic mass is 10.3. The molecule has 4 heteroatoms. The Morgan fingerprint density at radius 2 is 2.27 bits per heavy atom. The maximum atomic E-state index is 5.19. The number of aryl methyl sites for hydroxylation is 1. The molecule has 0 aliphatic rings. The van der Waals surface area contributed by atoms with Gasteiger partial charge in [0.2, 0.25) is 0 Å². The number of nitrogens with one attached hydrogen (secondary N) is 1. The second kappa shape index (κ2) is 5.66. The number of hydrogen-bond donors (Lipinski definition) is 1. The van der Waals surface area contributed by atoms with E-state index in [2.05, 4.69) is 22.1 Å². The van der Waals surface area contributed by atoms with Crippen molar-refractivity contribution in [2.45, 2.75) is 20.4 Å². The van der Waals surface area contributed by atoms with E-state index in [1.54, 1.807) is 0 Å². The van der Waals surface area contributed by atoms with Crippen LogP contribution in [-0.2, 0) is 6.54 Å². The molecule has 0 aliphatic carbocycles. The van der Waals surface area contributed by atoms with Crippen molar-refractivity contribution in [3.8, 4) is 0 Å². The molecule has 82 valence electrons. The highest BCUT2D eigenvalue weighted by Gasteiger charge is 2.06. The van der Waals surface area contributed by atoms with E-state index in [0.717, 1.165) is 29.6 Å². The molecule has 0 saturated carbocycles. The molecule has 0 bridgehead atoms. The fourth-order valence-electron chi connectivity index (χ4n) is 1.37. The summed E-state index contributed by atoms with van der Waals surface area (Å²) in [6.45, 7) is 5.72. The highest BCUT2D eigenvalue weighted by atomic mass is 32.1. The van der Waals surface area contributed by atoms with Gasteiger partial charge in [-0.3, -0.25) is 4.98 Å². The van der Waals surface area contributed by atoms with Crippen molar-refractivity contribution in [2.75, 3.05) is 13.6 Å². The maximum absolute atomic E-state index is 5.19. The van der Waals surface area contributed by atoms with Gasteiger partial charge >= 0.3 is 0 Å². The molecule has 0 radical (unpaired) electrons. The lowest BCUT2D eigenvalue weighted by molar-refractivity contribution is 0.425. The first-order valence-electron chi connectivity index (χ1n) is 5.06. The van der Waals surface area contributed by atoms with E-state index >= 15 is 0 Å². The number of aromatic nitrogens is 1. The molecule has 1 N–H and O–H groups in total. The summed E-state index contributed by atoms with van der Waals surface area (Å²) < 4.78 is 0. The van der Waals surface area contributed by atoms with E-state index in [-0.39, 0.29) is 0 Å². The molecule has 0 aromatic carbocycles. The van der Waals surface area contributed by atoms with Crippen molar-refractivity contribution in [1.29, 1.82) is 0 Å². The number of rotatable bonds is 3. The predicted molar refractivity (Wildman–Crippen MR) is 66.7 cm³/mol. The Morgan fingerprint density at radius 1 is 1.53 bits per heavy atom. The number of pyridine rings is 1. The van der Waals surface area contributed by atoms with Crippen LogP contribution in [0.25, 0.3) is 0 Å². The highest BCUT2D eigenvalue weighted by molar-refractivity contribution is 7.80. The van der Waals surface area contributed by atoms with E-state index < -0.39 is 0 Å². The van der Waals surface area contributed by atoms with Gasteiger partial charge in [0.1, 0.15) is 0 Å². The second-order valence-corrected chi connectivity index (χ2v) is 3.73. The summed E-state index contributed by atoms with van der Waals surface area (Å²) in [5.74, 6) is 0. The van der Waals surface area contributed by atoms with Crippen LogP contribution in [0.1, 0.15) is 18.3 Å². The standard InChI is InChI=1S/C11H17N3S/c1-4-14(11(15)12-3)8-10-7-5-6-9(2)13-10/h5-7H,4,8H2,1-3H3,(H,12,15). The SMILES string of the molecule is CCN(Cc1cccc(C)n1)C(=S)NC. The molecule has 3 nitrogen and oxygen atoms in total. The van der Waals surface area contributed by atoms with Crippen LogP contribution < -0.4 is 5.32 Å².